The molecule has 0 spiro atoms. The van der Waals surface area contributed by atoms with E-state index in [1.165, 1.54) is 10.5 Å². The second-order valence-electron chi connectivity index (χ2n) is 6.76. The van der Waals surface area contributed by atoms with Gasteiger partial charge in [0.05, 0.1) is 6.10 Å². The third-order valence-corrected chi connectivity index (χ3v) is 4.56. The minimum Gasteiger partial charge on any atom is -0.374 e. The Kier molecular flexibility index (Phi) is 12.5. The highest BCUT2D eigenvalue weighted by molar-refractivity contribution is 14.0. The summed E-state index contributed by atoms with van der Waals surface area (Å²) >= 11 is 0. The van der Waals surface area contributed by atoms with Crippen LogP contribution < -0.4 is 10.6 Å². The van der Waals surface area contributed by atoms with Crippen LogP contribution in [0.3, 0.4) is 0 Å². The van der Waals surface area contributed by atoms with Gasteiger partial charge in [-0.15, -0.1) is 24.0 Å². The molecule has 7 nitrogen and oxygen atoms in total. The second kappa shape index (κ2) is 14.3. The number of rotatable bonds is 10. The van der Waals surface area contributed by atoms with E-state index >= 15 is 0 Å². The van der Waals surface area contributed by atoms with E-state index in [2.05, 4.69) is 27.8 Å². The molecule has 0 radical (unpaired) electrons. The van der Waals surface area contributed by atoms with Crippen LogP contribution in [0.5, 0.6) is 0 Å². The molecule has 162 valence electrons. The van der Waals surface area contributed by atoms with E-state index in [1.54, 1.807) is 0 Å². The molecule has 0 bridgehead atoms. The first-order chi connectivity index (χ1) is 13.6. The van der Waals surface area contributed by atoms with Crippen LogP contribution in [0.4, 0.5) is 0 Å². The zero-order valence-corrected chi connectivity index (χ0v) is 19.7. The molecule has 8 heteroatoms. The normalized spacial score (nSPS) is 15.7. The summed E-state index contributed by atoms with van der Waals surface area (Å²) in [5.74, 6) is 0.532. The van der Waals surface area contributed by atoms with Crippen molar-refractivity contribution in [3.05, 3.63) is 35.9 Å². The summed E-state index contributed by atoms with van der Waals surface area (Å²) < 4.78 is 5.86. The van der Waals surface area contributed by atoms with Crippen LogP contribution in [0.2, 0.25) is 0 Å². The number of piperidine rings is 1. The molecule has 2 rings (SSSR count). The number of nitrogens with one attached hydrogen (secondary N) is 2. The predicted octanol–water partition coefficient (Wildman–Crippen LogP) is 2.87. The summed E-state index contributed by atoms with van der Waals surface area (Å²) in [7, 11) is 0. The molecule has 1 fully saturated rings. The molecular formula is C21H33IN4O3. The molecule has 0 aromatic heterocycles. The van der Waals surface area contributed by atoms with E-state index in [0.717, 1.165) is 13.0 Å². The number of guanidine groups is 1. The van der Waals surface area contributed by atoms with Crippen molar-refractivity contribution < 1.29 is 14.3 Å². The molecule has 1 aliphatic heterocycles. The van der Waals surface area contributed by atoms with Gasteiger partial charge in [-0.2, -0.15) is 0 Å². The topological polar surface area (TPSA) is 83.0 Å². The summed E-state index contributed by atoms with van der Waals surface area (Å²) in [5, 5.41) is 6.36. The fourth-order valence-corrected chi connectivity index (χ4v) is 3.01. The van der Waals surface area contributed by atoms with Crippen molar-refractivity contribution in [1.82, 2.24) is 15.5 Å². The first-order valence-electron chi connectivity index (χ1n) is 10.1. The number of halogens is 1. The number of nitrogens with zero attached hydrogens (tertiary/aromatic N) is 2. The molecule has 2 N–H and O–H groups in total. The third-order valence-electron chi connectivity index (χ3n) is 4.56. The van der Waals surface area contributed by atoms with E-state index < -0.39 is 0 Å². The summed E-state index contributed by atoms with van der Waals surface area (Å²) in [6.07, 6.45) is 2.46. The Morgan fingerprint density at radius 2 is 1.86 bits per heavy atom. The molecular weight excluding hydrogens is 483 g/mol. The zero-order chi connectivity index (χ0) is 20.2. The Hall–Kier alpha value is -1.68. The Bertz CT molecular complexity index is 639. The van der Waals surface area contributed by atoms with Gasteiger partial charge < -0.3 is 15.4 Å². The number of carbonyl (C=O) groups excluding carboxylic acids is 2. The number of carbonyl (C=O) groups is 2. The lowest BCUT2D eigenvalue weighted by Crippen LogP contribution is -2.46. The van der Waals surface area contributed by atoms with Gasteiger partial charge in [-0.25, -0.2) is 0 Å². The van der Waals surface area contributed by atoms with Gasteiger partial charge in [0, 0.05) is 45.6 Å². The van der Waals surface area contributed by atoms with E-state index in [0.29, 0.717) is 51.5 Å². The number of imide groups is 1. The summed E-state index contributed by atoms with van der Waals surface area (Å²) in [6, 6.07) is 10.1. The Labute approximate surface area is 190 Å². The summed E-state index contributed by atoms with van der Waals surface area (Å²) in [6.45, 7) is 6.93. The van der Waals surface area contributed by atoms with Gasteiger partial charge in [0.2, 0.25) is 11.8 Å². The molecule has 29 heavy (non-hydrogen) atoms. The Balaban J connectivity index is 0.00000420. The number of benzene rings is 1. The van der Waals surface area contributed by atoms with Crippen molar-refractivity contribution in [2.75, 3.05) is 32.8 Å². The van der Waals surface area contributed by atoms with Gasteiger partial charge >= 0.3 is 0 Å². The quantitative estimate of drug-likeness (QED) is 0.164. The van der Waals surface area contributed by atoms with Crippen LogP contribution in [-0.4, -0.2) is 55.5 Å². The number of ether oxygens (including phenoxy) is 1. The van der Waals surface area contributed by atoms with Crippen LogP contribution in [-0.2, 0) is 14.3 Å². The number of hydrogen-bond acceptors (Lipinski definition) is 4. The fraction of sp³-hybridized carbons (Fsp3) is 0.571. The number of likely N-dealkylation sites (tertiary alicyclic amines) is 1. The highest BCUT2D eigenvalue weighted by Gasteiger charge is 2.25. The van der Waals surface area contributed by atoms with Gasteiger partial charge in [-0.3, -0.25) is 19.5 Å². The lowest BCUT2D eigenvalue weighted by atomic mass is 10.1. The molecule has 1 aromatic carbocycles. The Morgan fingerprint density at radius 3 is 2.52 bits per heavy atom. The van der Waals surface area contributed by atoms with E-state index in [4.69, 9.17) is 4.74 Å². The summed E-state index contributed by atoms with van der Waals surface area (Å²) in [4.78, 5) is 29.5. The third kappa shape index (κ3) is 9.12. The molecule has 0 aliphatic carbocycles. The smallest absolute Gasteiger partial charge is 0.229 e. The SMILES string of the molecule is CCNC(=NCCCOC(C)c1ccccc1)NCCN1C(=O)CCCC1=O.I. The van der Waals surface area contributed by atoms with Gasteiger partial charge in [0.15, 0.2) is 5.96 Å². The van der Waals surface area contributed by atoms with Crippen LogP contribution in [0.25, 0.3) is 0 Å². The molecule has 2 amide bonds. The highest BCUT2D eigenvalue weighted by Crippen LogP contribution is 2.15. The predicted molar refractivity (Wildman–Crippen MR) is 125 cm³/mol. The van der Waals surface area contributed by atoms with Gasteiger partial charge in [-0.1, -0.05) is 30.3 Å². The first kappa shape index (κ1) is 25.4. The van der Waals surface area contributed by atoms with Crippen LogP contribution in [0, 0.1) is 0 Å². The lowest BCUT2D eigenvalue weighted by molar-refractivity contribution is -0.147. The minimum atomic E-state index is -0.0790. The van der Waals surface area contributed by atoms with Crippen LogP contribution in [0.1, 0.15) is 51.2 Å². The van der Waals surface area contributed by atoms with Crippen molar-refractivity contribution in [3.8, 4) is 0 Å². The minimum absolute atomic E-state index is 0. The highest BCUT2D eigenvalue weighted by atomic mass is 127. The average Bonchev–Trinajstić information content (AvgIpc) is 2.70. The maximum Gasteiger partial charge on any atom is 0.229 e. The molecule has 0 saturated carbocycles. The molecule has 1 heterocycles. The second-order valence-corrected chi connectivity index (χ2v) is 6.76. The van der Waals surface area contributed by atoms with Crippen molar-refractivity contribution in [1.29, 1.82) is 0 Å². The maximum atomic E-state index is 11.8. The number of aliphatic imine (C=N–C) groups is 1. The van der Waals surface area contributed by atoms with Crippen molar-refractivity contribution in [2.45, 2.75) is 45.6 Å². The monoisotopic (exact) mass is 516 g/mol. The molecule has 1 aromatic rings. The number of amides is 2. The largest absolute Gasteiger partial charge is 0.374 e. The van der Waals surface area contributed by atoms with Gasteiger partial charge in [0.1, 0.15) is 0 Å². The van der Waals surface area contributed by atoms with E-state index in [9.17, 15) is 9.59 Å². The first-order valence-corrected chi connectivity index (χ1v) is 10.1. The summed E-state index contributed by atoms with van der Waals surface area (Å²) in [5.41, 5.74) is 1.17. The molecule has 1 saturated heterocycles. The molecule has 1 unspecified atom stereocenters. The Morgan fingerprint density at radius 1 is 1.17 bits per heavy atom. The van der Waals surface area contributed by atoms with Crippen molar-refractivity contribution in [3.63, 3.8) is 0 Å². The van der Waals surface area contributed by atoms with E-state index in [-0.39, 0.29) is 41.9 Å². The molecule has 1 atom stereocenters. The van der Waals surface area contributed by atoms with E-state index in [1.807, 2.05) is 32.0 Å². The zero-order valence-electron chi connectivity index (χ0n) is 17.4. The fourth-order valence-electron chi connectivity index (χ4n) is 3.01. The van der Waals surface area contributed by atoms with Crippen molar-refractivity contribution in [2.24, 2.45) is 4.99 Å². The molecule has 1 aliphatic rings. The van der Waals surface area contributed by atoms with Gasteiger partial charge in [0.25, 0.3) is 0 Å². The lowest BCUT2D eigenvalue weighted by Gasteiger charge is -2.25. The standard InChI is InChI=1S/C21H32N4O3.HI/c1-3-22-21(24-14-15-25-19(26)11-7-12-20(25)27)23-13-8-16-28-17(2)18-9-5-4-6-10-18;/h4-6,9-10,17H,3,7-8,11-16H2,1-2H3,(H2,22,23,24);1H. The average molecular weight is 516 g/mol. The number of hydrogen-bond donors (Lipinski definition) is 2. The maximum absolute atomic E-state index is 11.8. The van der Waals surface area contributed by atoms with Crippen LogP contribution in [0.15, 0.2) is 35.3 Å². The van der Waals surface area contributed by atoms with Crippen LogP contribution >= 0.6 is 24.0 Å². The van der Waals surface area contributed by atoms with Gasteiger partial charge in [-0.05, 0) is 32.3 Å². The van der Waals surface area contributed by atoms with Crippen molar-refractivity contribution >= 4 is 41.8 Å².